The van der Waals surface area contributed by atoms with Crippen molar-refractivity contribution in [3.8, 4) is 0 Å². The molecule has 2 nitrogen and oxygen atoms in total. The third-order valence-electron chi connectivity index (χ3n) is 5.00. The molecule has 92 valence electrons. The Bertz CT molecular complexity index is 421. The van der Waals surface area contributed by atoms with Crippen LogP contribution in [-0.2, 0) is 9.53 Å². The van der Waals surface area contributed by atoms with Crippen molar-refractivity contribution in [2.45, 2.75) is 45.1 Å². The summed E-state index contributed by atoms with van der Waals surface area (Å²) >= 11 is 0. The summed E-state index contributed by atoms with van der Waals surface area (Å²) in [4.78, 5) is 11.9. The molecule has 3 rings (SSSR count). The molecule has 1 saturated carbocycles. The Kier molecular flexibility index (Phi) is 2.26. The van der Waals surface area contributed by atoms with Gasteiger partial charge in [0.25, 0.3) is 0 Å². The molecule has 3 aliphatic rings. The van der Waals surface area contributed by atoms with Gasteiger partial charge in [-0.05, 0) is 44.6 Å². The summed E-state index contributed by atoms with van der Waals surface area (Å²) in [5.74, 6) is 1.20. The molecule has 1 spiro atoms. The van der Waals surface area contributed by atoms with Crippen LogP contribution in [0.25, 0.3) is 0 Å². The van der Waals surface area contributed by atoms with Gasteiger partial charge in [0, 0.05) is 17.4 Å². The van der Waals surface area contributed by atoms with E-state index in [2.05, 4.69) is 26.5 Å². The summed E-state index contributed by atoms with van der Waals surface area (Å²) in [5.41, 5.74) is 1.73. The van der Waals surface area contributed by atoms with Crippen LogP contribution in [0, 0.1) is 17.8 Å². The van der Waals surface area contributed by atoms with Gasteiger partial charge in [-0.15, -0.1) is 0 Å². The summed E-state index contributed by atoms with van der Waals surface area (Å²) < 4.78 is 5.80. The summed E-state index contributed by atoms with van der Waals surface area (Å²) in [7, 11) is 0. The number of carbonyl (C=O) groups is 1. The number of allylic oxidation sites excluding steroid dienone is 1. The van der Waals surface area contributed by atoms with Crippen LogP contribution in [0.4, 0.5) is 0 Å². The van der Waals surface area contributed by atoms with E-state index in [-0.39, 0.29) is 17.5 Å². The highest BCUT2D eigenvalue weighted by atomic mass is 16.6. The highest BCUT2D eigenvalue weighted by Crippen LogP contribution is 2.55. The number of hydrogen-bond donors (Lipinski definition) is 0. The lowest BCUT2D eigenvalue weighted by molar-refractivity contribution is -0.153. The van der Waals surface area contributed by atoms with E-state index in [0.29, 0.717) is 17.4 Å². The van der Waals surface area contributed by atoms with E-state index in [9.17, 15) is 4.79 Å². The van der Waals surface area contributed by atoms with Crippen LogP contribution in [0.5, 0.6) is 0 Å². The van der Waals surface area contributed by atoms with Crippen molar-refractivity contribution >= 4 is 5.97 Å². The normalized spacial score (nSPS) is 44.8. The lowest BCUT2D eigenvalue weighted by Crippen LogP contribution is -2.49. The fourth-order valence-corrected chi connectivity index (χ4v) is 4.11. The van der Waals surface area contributed by atoms with Crippen molar-refractivity contribution in [2.24, 2.45) is 17.8 Å². The minimum atomic E-state index is -0.339. The highest BCUT2D eigenvalue weighted by molar-refractivity contribution is 5.92. The summed E-state index contributed by atoms with van der Waals surface area (Å²) in [5, 5.41) is 0. The van der Waals surface area contributed by atoms with Crippen molar-refractivity contribution < 1.29 is 9.53 Å². The standard InChI is InChI=1S/C15H20O2/c1-9-4-6-12-10(2)5-7-13-11(3)14(16)17-15(12,13)8-9/h8,10,12-13H,3-7H2,1-2H3/t10-,12+,13+,15+/m0/s1. The average Bonchev–Trinajstić information content (AvgIpc) is 2.50. The SMILES string of the molecule is C=C1C(=O)O[C@]23C=C(C)CC[C@@H]2[C@@H](C)CC[C@H]13. The van der Waals surface area contributed by atoms with Crippen LogP contribution in [0.2, 0.25) is 0 Å². The lowest BCUT2D eigenvalue weighted by atomic mass is 9.59. The second-order valence-corrected chi connectivity index (χ2v) is 6.01. The van der Waals surface area contributed by atoms with Crippen molar-refractivity contribution in [3.05, 3.63) is 23.8 Å². The van der Waals surface area contributed by atoms with E-state index < -0.39 is 0 Å². The Labute approximate surface area is 103 Å². The first kappa shape index (κ1) is 11.1. The first-order valence-electron chi connectivity index (χ1n) is 6.65. The van der Waals surface area contributed by atoms with Gasteiger partial charge in [0.2, 0.25) is 0 Å². The largest absolute Gasteiger partial charge is 0.450 e. The summed E-state index contributed by atoms with van der Waals surface area (Å²) in [6, 6.07) is 0. The minimum absolute atomic E-state index is 0.167. The fraction of sp³-hybridized carbons (Fsp3) is 0.667. The Morgan fingerprint density at radius 2 is 2.18 bits per heavy atom. The predicted octanol–water partition coefficient (Wildman–Crippen LogP) is 3.24. The van der Waals surface area contributed by atoms with Crippen molar-refractivity contribution in [1.29, 1.82) is 0 Å². The van der Waals surface area contributed by atoms with Gasteiger partial charge in [0.1, 0.15) is 5.60 Å². The van der Waals surface area contributed by atoms with Gasteiger partial charge in [-0.2, -0.15) is 0 Å². The molecule has 0 aromatic heterocycles. The molecule has 0 bridgehead atoms. The maximum absolute atomic E-state index is 11.9. The van der Waals surface area contributed by atoms with Gasteiger partial charge in [-0.3, -0.25) is 0 Å². The van der Waals surface area contributed by atoms with Crippen LogP contribution in [0.3, 0.4) is 0 Å². The van der Waals surface area contributed by atoms with Crippen LogP contribution in [-0.4, -0.2) is 11.6 Å². The van der Waals surface area contributed by atoms with E-state index in [1.54, 1.807) is 0 Å². The molecule has 2 fully saturated rings. The van der Waals surface area contributed by atoms with Crippen molar-refractivity contribution in [3.63, 3.8) is 0 Å². The maximum Gasteiger partial charge on any atom is 0.334 e. The third-order valence-corrected chi connectivity index (χ3v) is 5.00. The zero-order valence-corrected chi connectivity index (χ0v) is 10.7. The Morgan fingerprint density at radius 1 is 1.41 bits per heavy atom. The van der Waals surface area contributed by atoms with Crippen molar-refractivity contribution in [2.75, 3.05) is 0 Å². The van der Waals surface area contributed by atoms with E-state index in [1.165, 1.54) is 12.0 Å². The monoisotopic (exact) mass is 232 g/mol. The summed E-state index contributed by atoms with van der Waals surface area (Å²) in [6.07, 6.45) is 6.78. The molecular formula is C15H20O2. The van der Waals surface area contributed by atoms with Gasteiger partial charge in [-0.25, -0.2) is 4.79 Å². The molecular weight excluding hydrogens is 212 g/mol. The highest BCUT2D eigenvalue weighted by Gasteiger charge is 2.58. The smallest absolute Gasteiger partial charge is 0.334 e. The summed E-state index contributed by atoms with van der Waals surface area (Å²) in [6.45, 7) is 8.40. The quantitative estimate of drug-likeness (QED) is 0.364. The van der Waals surface area contributed by atoms with Crippen LogP contribution in [0.15, 0.2) is 23.8 Å². The third kappa shape index (κ3) is 1.36. The van der Waals surface area contributed by atoms with Gasteiger partial charge >= 0.3 is 5.97 Å². The average molecular weight is 232 g/mol. The molecule has 2 aliphatic carbocycles. The topological polar surface area (TPSA) is 26.3 Å². The minimum Gasteiger partial charge on any atom is -0.450 e. The zero-order valence-electron chi connectivity index (χ0n) is 10.7. The predicted molar refractivity (Wildman–Crippen MR) is 66.3 cm³/mol. The molecule has 1 aliphatic heterocycles. The Hall–Kier alpha value is -1.05. The van der Waals surface area contributed by atoms with Crippen LogP contribution < -0.4 is 0 Å². The molecule has 0 N–H and O–H groups in total. The molecule has 0 radical (unpaired) electrons. The van der Waals surface area contributed by atoms with Crippen molar-refractivity contribution in [1.82, 2.24) is 0 Å². The van der Waals surface area contributed by atoms with E-state index in [1.807, 2.05) is 0 Å². The molecule has 0 aromatic rings. The second kappa shape index (κ2) is 3.47. The number of carbonyl (C=O) groups excluding carboxylic acids is 1. The molecule has 1 saturated heterocycles. The number of esters is 1. The number of rotatable bonds is 0. The van der Waals surface area contributed by atoms with E-state index in [4.69, 9.17) is 4.74 Å². The van der Waals surface area contributed by atoms with E-state index in [0.717, 1.165) is 19.3 Å². The molecule has 0 unspecified atom stereocenters. The van der Waals surface area contributed by atoms with Gasteiger partial charge < -0.3 is 4.74 Å². The maximum atomic E-state index is 11.9. The zero-order chi connectivity index (χ0) is 12.2. The molecule has 2 heteroatoms. The van der Waals surface area contributed by atoms with Gasteiger partial charge in [0.05, 0.1) is 0 Å². The van der Waals surface area contributed by atoms with Crippen LogP contribution in [0.1, 0.15) is 39.5 Å². The number of hydrogen-bond acceptors (Lipinski definition) is 2. The lowest BCUT2D eigenvalue weighted by Gasteiger charge is -2.48. The first-order chi connectivity index (χ1) is 8.04. The van der Waals surface area contributed by atoms with Crippen LogP contribution >= 0.6 is 0 Å². The van der Waals surface area contributed by atoms with Gasteiger partial charge in [-0.1, -0.05) is 19.1 Å². The molecule has 0 amide bonds. The number of ether oxygens (including phenoxy) is 1. The van der Waals surface area contributed by atoms with E-state index >= 15 is 0 Å². The Balaban J connectivity index is 2.11. The Morgan fingerprint density at radius 3 is 2.94 bits per heavy atom. The molecule has 1 heterocycles. The molecule has 0 aromatic carbocycles. The van der Waals surface area contributed by atoms with Gasteiger partial charge in [0.15, 0.2) is 0 Å². The second-order valence-electron chi connectivity index (χ2n) is 6.01. The molecule has 17 heavy (non-hydrogen) atoms. The first-order valence-corrected chi connectivity index (χ1v) is 6.65. The molecule has 4 atom stereocenters. The fourth-order valence-electron chi connectivity index (χ4n) is 4.11.